The highest BCUT2D eigenvalue weighted by Gasteiger charge is 2.37. The van der Waals surface area contributed by atoms with Gasteiger partial charge in [-0.3, -0.25) is 4.79 Å². The van der Waals surface area contributed by atoms with Gasteiger partial charge in [0.2, 0.25) is 5.91 Å². The van der Waals surface area contributed by atoms with Gasteiger partial charge in [0.25, 0.3) is 0 Å². The van der Waals surface area contributed by atoms with Crippen LogP contribution in [0.1, 0.15) is 19.3 Å². The SMILES string of the molecule is O=C(O)[C@@H]1CSCN1C(=O)C1CC=CCC1. The van der Waals surface area contributed by atoms with Gasteiger partial charge in [-0.15, -0.1) is 11.8 Å². The Morgan fingerprint density at radius 3 is 2.81 bits per heavy atom. The Hall–Kier alpha value is -0.970. The summed E-state index contributed by atoms with van der Waals surface area (Å²) < 4.78 is 0. The molecule has 1 aliphatic heterocycles. The number of allylic oxidation sites excluding steroid dienone is 2. The number of hydrogen-bond acceptors (Lipinski definition) is 3. The summed E-state index contributed by atoms with van der Waals surface area (Å²) in [6, 6.07) is -0.622. The van der Waals surface area contributed by atoms with Crippen molar-refractivity contribution in [2.24, 2.45) is 5.92 Å². The highest BCUT2D eigenvalue weighted by atomic mass is 32.2. The zero-order chi connectivity index (χ0) is 11.5. The van der Waals surface area contributed by atoms with E-state index >= 15 is 0 Å². The molecule has 2 aliphatic rings. The van der Waals surface area contributed by atoms with Crippen LogP contribution in [0.5, 0.6) is 0 Å². The first-order valence-electron chi connectivity index (χ1n) is 5.46. The Balaban J connectivity index is 2.03. The lowest BCUT2D eigenvalue weighted by Gasteiger charge is -2.26. The Bertz CT molecular complexity index is 329. The number of amides is 1. The molecule has 1 aliphatic carbocycles. The molecule has 0 aromatic rings. The van der Waals surface area contributed by atoms with E-state index in [1.807, 2.05) is 6.08 Å². The number of aliphatic carboxylic acids is 1. The maximum atomic E-state index is 12.1. The van der Waals surface area contributed by atoms with E-state index in [1.54, 1.807) is 0 Å². The van der Waals surface area contributed by atoms with Gasteiger partial charge in [-0.2, -0.15) is 0 Å². The van der Waals surface area contributed by atoms with Crippen LogP contribution in [0.15, 0.2) is 12.2 Å². The van der Waals surface area contributed by atoms with Crippen LogP contribution in [-0.4, -0.2) is 39.6 Å². The molecule has 1 amide bonds. The zero-order valence-electron chi connectivity index (χ0n) is 8.96. The summed E-state index contributed by atoms with van der Waals surface area (Å²) in [5, 5.41) is 9.01. The maximum Gasteiger partial charge on any atom is 0.327 e. The van der Waals surface area contributed by atoms with E-state index in [-0.39, 0.29) is 11.8 Å². The van der Waals surface area contributed by atoms with Crippen molar-refractivity contribution in [2.75, 3.05) is 11.6 Å². The van der Waals surface area contributed by atoms with Gasteiger partial charge in [-0.05, 0) is 19.3 Å². The van der Waals surface area contributed by atoms with E-state index in [0.29, 0.717) is 11.6 Å². The summed E-state index contributed by atoms with van der Waals surface area (Å²) in [5.74, 6) is 0.164. The summed E-state index contributed by atoms with van der Waals surface area (Å²) in [6.45, 7) is 0. The summed E-state index contributed by atoms with van der Waals surface area (Å²) in [5.41, 5.74) is 0. The molecule has 1 saturated heterocycles. The fourth-order valence-electron chi connectivity index (χ4n) is 2.12. The van der Waals surface area contributed by atoms with Gasteiger partial charge in [0.1, 0.15) is 6.04 Å². The number of thioether (sulfide) groups is 1. The minimum Gasteiger partial charge on any atom is -0.480 e. The predicted octanol–water partition coefficient (Wildman–Crippen LogP) is 1.33. The standard InChI is InChI=1S/C11H15NO3S/c13-10(8-4-2-1-3-5-8)12-7-16-6-9(12)11(14)15/h1-2,8-9H,3-7H2,(H,14,15)/t8?,9-/m0/s1. The minimum absolute atomic E-state index is 0.00875. The van der Waals surface area contributed by atoms with Crippen LogP contribution in [0.2, 0.25) is 0 Å². The summed E-state index contributed by atoms with van der Waals surface area (Å²) in [7, 11) is 0. The molecule has 2 atom stereocenters. The largest absolute Gasteiger partial charge is 0.480 e. The van der Waals surface area contributed by atoms with Gasteiger partial charge < -0.3 is 10.0 Å². The van der Waals surface area contributed by atoms with Gasteiger partial charge in [0.05, 0.1) is 5.88 Å². The van der Waals surface area contributed by atoms with Gasteiger partial charge >= 0.3 is 5.97 Å². The number of hydrogen-bond donors (Lipinski definition) is 1. The molecule has 4 nitrogen and oxygen atoms in total. The molecular weight excluding hydrogens is 226 g/mol. The average molecular weight is 241 g/mol. The fraction of sp³-hybridized carbons (Fsp3) is 0.636. The van der Waals surface area contributed by atoms with Crippen LogP contribution in [0.4, 0.5) is 0 Å². The smallest absolute Gasteiger partial charge is 0.327 e. The maximum absolute atomic E-state index is 12.1. The number of rotatable bonds is 2. The van der Waals surface area contributed by atoms with Crippen molar-refractivity contribution in [1.82, 2.24) is 4.90 Å². The zero-order valence-corrected chi connectivity index (χ0v) is 9.78. The monoisotopic (exact) mass is 241 g/mol. The van der Waals surface area contributed by atoms with E-state index in [1.165, 1.54) is 16.7 Å². The Kier molecular flexibility index (Phi) is 3.53. The Labute approximate surface area is 98.7 Å². The van der Waals surface area contributed by atoms with Crippen molar-refractivity contribution >= 4 is 23.6 Å². The van der Waals surface area contributed by atoms with Gasteiger partial charge in [0.15, 0.2) is 0 Å². The van der Waals surface area contributed by atoms with E-state index in [9.17, 15) is 9.59 Å². The molecule has 1 unspecified atom stereocenters. The molecule has 1 N–H and O–H groups in total. The summed E-state index contributed by atoms with van der Waals surface area (Å²) >= 11 is 1.52. The molecule has 0 spiro atoms. The van der Waals surface area contributed by atoms with E-state index in [0.717, 1.165) is 19.3 Å². The van der Waals surface area contributed by atoms with Crippen LogP contribution in [0.25, 0.3) is 0 Å². The number of nitrogens with zero attached hydrogens (tertiary/aromatic N) is 1. The molecule has 1 fully saturated rings. The van der Waals surface area contributed by atoms with Crippen LogP contribution >= 0.6 is 11.8 Å². The minimum atomic E-state index is -0.885. The fourth-order valence-corrected chi connectivity index (χ4v) is 3.27. The Morgan fingerprint density at radius 1 is 1.38 bits per heavy atom. The van der Waals surface area contributed by atoms with Crippen molar-refractivity contribution < 1.29 is 14.7 Å². The molecule has 88 valence electrons. The lowest BCUT2D eigenvalue weighted by molar-refractivity contribution is -0.149. The first-order valence-corrected chi connectivity index (χ1v) is 6.61. The molecule has 0 radical (unpaired) electrons. The highest BCUT2D eigenvalue weighted by Crippen LogP contribution is 2.27. The van der Waals surface area contributed by atoms with E-state index < -0.39 is 12.0 Å². The predicted molar refractivity (Wildman–Crippen MR) is 62.1 cm³/mol. The van der Waals surface area contributed by atoms with Gasteiger partial charge in [0, 0.05) is 11.7 Å². The van der Waals surface area contributed by atoms with Crippen molar-refractivity contribution in [3.05, 3.63) is 12.2 Å². The highest BCUT2D eigenvalue weighted by molar-refractivity contribution is 7.99. The van der Waals surface area contributed by atoms with Crippen LogP contribution in [0.3, 0.4) is 0 Å². The summed E-state index contributed by atoms with van der Waals surface area (Å²) in [4.78, 5) is 24.6. The third-order valence-corrected chi connectivity index (χ3v) is 4.08. The number of carbonyl (C=O) groups is 2. The molecule has 0 aromatic carbocycles. The topological polar surface area (TPSA) is 57.6 Å². The second-order valence-corrected chi connectivity index (χ2v) is 5.14. The Morgan fingerprint density at radius 2 is 2.19 bits per heavy atom. The molecule has 5 heteroatoms. The lowest BCUT2D eigenvalue weighted by atomic mass is 9.93. The first kappa shape index (κ1) is 11.5. The van der Waals surface area contributed by atoms with Crippen molar-refractivity contribution in [3.8, 4) is 0 Å². The molecule has 2 rings (SSSR count). The molecular formula is C11H15NO3S. The third-order valence-electron chi connectivity index (χ3n) is 3.07. The van der Waals surface area contributed by atoms with Crippen LogP contribution in [-0.2, 0) is 9.59 Å². The van der Waals surface area contributed by atoms with E-state index in [4.69, 9.17) is 5.11 Å². The number of carboxylic acid groups (broad SMARTS) is 1. The van der Waals surface area contributed by atoms with Gasteiger partial charge in [-0.25, -0.2) is 4.79 Å². The molecule has 1 heterocycles. The van der Waals surface area contributed by atoms with Crippen molar-refractivity contribution in [3.63, 3.8) is 0 Å². The molecule has 0 bridgehead atoms. The molecule has 0 saturated carbocycles. The van der Waals surface area contributed by atoms with Crippen LogP contribution < -0.4 is 0 Å². The quantitative estimate of drug-likeness (QED) is 0.741. The average Bonchev–Trinajstić information content (AvgIpc) is 2.78. The van der Waals surface area contributed by atoms with Crippen molar-refractivity contribution in [2.45, 2.75) is 25.3 Å². The van der Waals surface area contributed by atoms with Gasteiger partial charge in [-0.1, -0.05) is 12.2 Å². The number of carboxylic acids is 1. The second-order valence-electron chi connectivity index (χ2n) is 4.14. The lowest BCUT2D eigenvalue weighted by Crippen LogP contribution is -2.44. The second kappa shape index (κ2) is 4.91. The normalized spacial score (nSPS) is 29.4. The third kappa shape index (κ3) is 2.24. The summed E-state index contributed by atoms with van der Waals surface area (Å²) in [6.07, 6.45) is 6.63. The molecule has 16 heavy (non-hydrogen) atoms. The van der Waals surface area contributed by atoms with E-state index in [2.05, 4.69) is 6.08 Å². The van der Waals surface area contributed by atoms with Crippen molar-refractivity contribution in [1.29, 1.82) is 0 Å². The molecule has 0 aromatic heterocycles. The number of carbonyl (C=O) groups excluding carboxylic acids is 1. The van der Waals surface area contributed by atoms with Crippen LogP contribution in [0, 0.1) is 5.92 Å². The first-order chi connectivity index (χ1) is 7.70.